The number of carbonyl (C=O) groups is 1. The minimum atomic E-state index is -1.07. The molecule has 0 radical (unpaired) electrons. The minimum Gasteiger partial charge on any atom is -0.477 e. The van der Waals surface area contributed by atoms with E-state index in [9.17, 15) is 9.90 Å². The highest BCUT2D eigenvalue weighted by molar-refractivity contribution is 7.99. The summed E-state index contributed by atoms with van der Waals surface area (Å²) < 4.78 is 0. The van der Waals surface area contributed by atoms with Gasteiger partial charge in [0.15, 0.2) is 5.69 Å². The number of carboxylic acids is 1. The Bertz CT molecular complexity index is 1560. The smallest absolute Gasteiger partial charge is 0.354 e. The molecule has 0 amide bonds. The fourth-order valence-corrected chi connectivity index (χ4v) is 7.58. The molecule has 1 aromatic heterocycles. The zero-order valence-electron chi connectivity index (χ0n) is 20.7. The van der Waals surface area contributed by atoms with Gasteiger partial charge in [-0.15, -0.1) is 11.8 Å². The lowest BCUT2D eigenvalue weighted by molar-refractivity contribution is 0.0691. The van der Waals surface area contributed by atoms with Gasteiger partial charge < -0.3 is 10.0 Å². The number of halogens is 2. The SMILES string of the molecule is CSc1ccc2c(c1)[C@H](N1CCN(c3cc(C(=O)O)nc4cc(Cl)cc(Cl)c34)CC1)Cc1ccccc1S2. The van der Waals surface area contributed by atoms with Gasteiger partial charge in [-0.2, -0.15) is 0 Å². The summed E-state index contributed by atoms with van der Waals surface area (Å²) in [4.78, 5) is 24.9. The van der Waals surface area contributed by atoms with Crippen molar-refractivity contribution in [3.63, 3.8) is 0 Å². The Kier molecular flexibility index (Phi) is 7.22. The molecule has 3 aromatic carbocycles. The molecule has 1 atom stereocenters. The van der Waals surface area contributed by atoms with Gasteiger partial charge in [-0.1, -0.05) is 53.2 Å². The molecule has 0 saturated carbocycles. The Morgan fingerprint density at radius 1 is 1.03 bits per heavy atom. The van der Waals surface area contributed by atoms with Crippen LogP contribution < -0.4 is 4.90 Å². The summed E-state index contributed by atoms with van der Waals surface area (Å²) in [6.07, 6.45) is 3.08. The predicted octanol–water partition coefficient (Wildman–Crippen LogP) is 7.53. The van der Waals surface area contributed by atoms with Crippen molar-refractivity contribution in [2.75, 3.05) is 37.3 Å². The number of aromatic carboxylic acids is 1. The van der Waals surface area contributed by atoms with Crippen LogP contribution in [0.3, 0.4) is 0 Å². The monoisotopic (exact) mass is 581 g/mol. The summed E-state index contributed by atoms with van der Waals surface area (Å²) in [6, 6.07) is 20.8. The van der Waals surface area contributed by atoms with Gasteiger partial charge in [0.2, 0.25) is 0 Å². The molecule has 194 valence electrons. The zero-order valence-corrected chi connectivity index (χ0v) is 23.8. The normalized spacial score (nSPS) is 17.7. The molecule has 0 unspecified atom stereocenters. The van der Waals surface area contributed by atoms with E-state index in [2.05, 4.69) is 63.5 Å². The molecule has 6 rings (SSSR count). The summed E-state index contributed by atoms with van der Waals surface area (Å²) in [5.74, 6) is -1.07. The third-order valence-electron chi connectivity index (χ3n) is 7.30. The first kappa shape index (κ1) is 25.8. The molecule has 1 fully saturated rings. The van der Waals surface area contributed by atoms with E-state index < -0.39 is 5.97 Å². The summed E-state index contributed by atoms with van der Waals surface area (Å²) in [5.41, 5.74) is 4.04. The van der Waals surface area contributed by atoms with E-state index in [4.69, 9.17) is 23.2 Å². The van der Waals surface area contributed by atoms with Crippen LogP contribution in [0.4, 0.5) is 5.69 Å². The van der Waals surface area contributed by atoms with Gasteiger partial charge >= 0.3 is 5.97 Å². The van der Waals surface area contributed by atoms with Gasteiger partial charge in [0.05, 0.1) is 16.2 Å². The van der Waals surface area contributed by atoms with E-state index in [1.807, 2.05) is 11.8 Å². The summed E-state index contributed by atoms with van der Waals surface area (Å²) in [6.45, 7) is 3.19. The topological polar surface area (TPSA) is 56.7 Å². The number of hydrogen-bond donors (Lipinski definition) is 1. The van der Waals surface area contributed by atoms with E-state index in [1.54, 1.807) is 30.0 Å². The second-order valence-corrected chi connectivity index (χ2v) is 12.3. The van der Waals surface area contributed by atoms with Crippen LogP contribution in [0.25, 0.3) is 10.9 Å². The Morgan fingerprint density at radius 3 is 2.58 bits per heavy atom. The average Bonchev–Trinajstić information content (AvgIpc) is 3.08. The summed E-state index contributed by atoms with van der Waals surface area (Å²) >= 11 is 16.5. The maximum Gasteiger partial charge on any atom is 0.354 e. The molecule has 2 aliphatic rings. The number of piperazine rings is 1. The molecule has 0 aliphatic carbocycles. The van der Waals surface area contributed by atoms with Crippen LogP contribution in [0.5, 0.6) is 0 Å². The molecule has 38 heavy (non-hydrogen) atoms. The summed E-state index contributed by atoms with van der Waals surface area (Å²) in [5, 5.41) is 11.4. The van der Waals surface area contributed by atoms with Crippen LogP contribution >= 0.6 is 46.7 Å². The first-order chi connectivity index (χ1) is 18.4. The van der Waals surface area contributed by atoms with Crippen LogP contribution in [0.1, 0.15) is 27.7 Å². The number of fused-ring (bicyclic) bond motifs is 3. The van der Waals surface area contributed by atoms with E-state index in [0.717, 1.165) is 43.7 Å². The van der Waals surface area contributed by atoms with Crippen LogP contribution in [0.15, 0.2) is 75.4 Å². The Labute approximate surface area is 240 Å². The average molecular weight is 583 g/mol. The number of carboxylic acid groups (broad SMARTS) is 1. The minimum absolute atomic E-state index is 0.0100. The van der Waals surface area contributed by atoms with Crippen LogP contribution in [0, 0.1) is 0 Å². The van der Waals surface area contributed by atoms with E-state index in [0.29, 0.717) is 15.6 Å². The van der Waals surface area contributed by atoms with Gasteiger partial charge in [-0.25, -0.2) is 9.78 Å². The fourth-order valence-electron chi connectivity index (χ4n) is 5.44. The molecule has 2 aliphatic heterocycles. The van der Waals surface area contributed by atoms with Crippen molar-refractivity contribution < 1.29 is 9.90 Å². The molecule has 1 N–H and O–H groups in total. The van der Waals surface area contributed by atoms with Crippen molar-refractivity contribution in [1.82, 2.24) is 9.88 Å². The molecule has 5 nitrogen and oxygen atoms in total. The predicted molar refractivity (Wildman–Crippen MR) is 158 cm³/mol. The largest absolute Gasteiger partial charge is 0.477 e. The lowest BCUT2D eigenvalue weighted by Gasteiger charge is -2.41. The number of benzene rings is 3. The molecule has 0 bridgehead atoms. The number of aromatic nitrogens is 1. The van der Waals surface area contributed by atoms with Crippen LogP contribution in [0.2, 0.25) is 10.0 Å². The number of hydrogen-bond acceptors (Lipinski definition) is 6. The maximum absolute atomic E-state index is 11.9. The van der Waals surface area contributed by atoms with E-state index in [1.165, 1.54) is 25.8 Å². The zero-order chi connectivity index (χ0) is 26.4. The Balaban J connectivity index is 1.33. The third-order valence-corrected chi connectivity index (χ3v) is 9.75. The summed E-state index contributed by atoms with van der Waals surface area (Å²) in [7, 11) is 0. The van der Waals surface area contributed by atoms with Crippen molar-refractivity contribution in [2.45, 2.75) is 27.1 Å². The number of thioether (sulfide) groups is 1. The van der Waals surface area contributed by atoms with Gasteiger partial charge in [-0.3, -0.25) is 4.90 Å². The maximum atomic E-state index is 11.9. The number of pyridine rings is 1. The lowest BCUT2D eigenvalue weighted by Crippen LogP contribution is -2.48. The van der Waals surface area contributed by atoms with Gasteiger partial charge in [0.25, 0.3) is 0 Å². The molecule has 1 saturated heterocycles. The van der Waals surface area contributed by atoms with Crippen molar-refractivity contribution in [3.05, 3.63) is 87.5 Å². The molecule has 4 aromatic rings. The highest BCUT2D eigenvalue weighted by atomic mass is 35.5. The number of anilines is 1. The van der Waals surface area contributed by atoms with E-state index in [-0.39, 0.29) is 11.7 Å². The molecule has 0 spiro atoms. The van der Waals surface area contributed by atoms with Crippen molar-refractivity contribution in [1.29, 1.82) is 0 Å². The van der Waals surface area contributed by atoms with Gasteiger partial charge in [-0.05, 0) is 66.3 Å². The van der Waals surface area contributed by atoms with Gasteiger partial charge in [0.1, 0.15) is 0 Å². The van der Waals surface area contributed by atoms with Crippen LogP contribution in [-0.2, 0) is 6.42 Å². The molecular weight excluding hydrogens is 557 g/mol. The second-order valence-electron chi connectivity index (χ2n) is 9.47. The second kappa shape index (κ2) is 10.6. The van der Waals surface area contributed by atoms with Gasteiger partial charge in [0, 0.05) is 57.3 Å². The van der Waals surface area contributed by atoms with Crippen molar-refractivity contribution in [3.8, 4) is 0 Å². The van der Waals surface area contributed by atoms with Crippen molar-refractivity contribution in [2.24, 2.45) is 0 Å². The standard InChI is InChI=1S/C29H25Cl2N3O2S2/c1-37-19-6-7-27-20(15-19)24(12-17-4-2-3-5-26(17)38-27)33-8-10-34(11-9-33)25-16-23(29(35)36)32-22-14-18(30)13-21(31)28(22)25/h2-7,13-16,24H,8-12H2,1H3,(H,35,36)/t24-/m1/s1. The Hall–Kier alpha value is -2.42. The van der Waals surface area contributed by atoms with Crippen molar-refractivity contribution >= 4 is 69.3 Å². The first-order valence-corrected chi connectivity index (χ1v) is 15.2. The molecule has 9 heteroatoms. The number of nitrogens with zero attached hydrogens (tertiary/aromatic N) is 3. The third kappa shape index (κ3) is 4.87. The molecular formula is C29H25Cl2N3O2S2. The van der Waals surface area contributed by atoms with E-state index >= 15 is 0 Å². The lowest BCUT2D eigenvalue weighted by atomic mass is 9.96. The number of rotatable bonds is 4. The first-order valence-electron chi connectivity index (χ1n) is 12.4. The highest BCUT2D eigenvalue weighted by Crippen LogP contribution is 2.44. The molecule has 3 heterocycles. The fraction of sp³-hybridized carbons (Fsp3) is 0.241. The Morgan fingerprint density at radius 2 is 1.82 bits per heavy atom. The highest BCUT2D eigenvalue weighted by Gasteiger charge is 2.31. The van der Waals surface area contributed by atoms with Crippen LogP contribution in [-0.4, -0.2) is 53.4 Å². The quantitative estimate of drug-likeness (QED) is 0.250.